The molecule has 1 aliphatic rings. The average molecular weight is 339 g/mol. The van der Waals surface area contributed by atoms with Crippen LogP contribution in [0.1, 0.15) is 15.9 Å². The fourth-order valence-electron chi connectivity index (χ4n) is 2.80. The second kappa shape index (κ2) is 9.20. The monoisotopic (exact) mass is 339 g/mol. The maximum atomic E-state index is 12.2. The van der Waals surface area contributed by atoms with E-state index in [2.05, 4.69) is 15.5 Å². The van der Waals surface area contributed by atoms with Crippen molar-refractivity contribution in [3.8, 4) is 5.75 Å². The van der Waals surface area contributed by atoms with Crippen molar-refractivity contribution in [1.82, 2.24) is 15.5 Å². The molecule has 2 aromatic carbocycles. The Hall–Kier alpha value is -2.37. The van der Waals surface area contributed by atoms with Crippen LogP contribution in [0.15, 0.2) is 54.6 Å². The molecule has 1 heterocycles. The van der Waals surface area contributed by atoms with E-state index in [9.17, 15) is 4.79 Å². The highest BCUT2D eigenvalue weighted by Crippen LogP contribution is 2.12. The first kappa shape index (κ1) is 17.5. The molecule has 0 bridgehead atoms. The molecule has 0 radical (unpaired) electrons. The third-order valence-corrected chi connectivity index (χ3v) is 4.29. The molecule has 0 unspecified atom stereocenters. The number of benzene rings is 2. The van der Waals surface area contributed by atoms with Crippen molar-refractivity contribution in [2.45, 2.75) is 6.61 Å². The minimum absolute atomic E-state index is 0.0225. The van der Waals surface area contributed by atoms with E-state index in [1.807, 2.05) is 54.6 Å². The summed E-state index contributed by atoms with van der Waals surface area (Å²) in [5, 5.41) is 6.32. The van der Waals surface area contributed by atoms with Crippen LogP contribution in [-0.4, -0.2) is 50.1 Å². The summed E-state index contributed by atoms with van der Waals surface area (Å²) in [4.78, 5) is 14.6. The van der Waals surface area contributed by atoms with Crippen molar-refractivity contribution in [1.29, 1.82) is 0 Å². The Bertz CT molecular complexity index is 652. The van der Waals surface area contributed by atoms with Gasteiger partial charge in [0.2, 0.25) is 0 Å². The van der Waals surface area contributed by atoms with Gasteiger partial charge in [-0.1, -0.05) is 30.3 Å². The number of piperazine rings is 1. The topological polar surface area (TPSA) is 53.6 Å². The largest absolute Gasteiger partial charge is 0.489 e. The number of nitrogens with one attached hydrogen (secondary N) is 2. The van der Waals surface area contributed by atoms with Crippen molar-refractivity contribution in [2.24, 2.45) is 0 Å². The van der Waals surface area contributed by atoms with Gasteiger partial charge in [-0.25, -0.2) is 0 Å². The minimum Gasteiger partial charge on any atom is -0.489 e. The molecular formula is C20H25N3O2. The van der Waals surface area contributed by atoms with Gasteiger partial charge in [-0.3, -0.25) is 9.69 Å². The Morgan fingerprint density at radius 2 is 1.76 bits per heavy atom. The van der Waals surface area contributed by atoms with Crippen LogP contribution >= 0.6 is 0 Å². The predicted octanol–water partition coefficient (Wildman–Crippen LogP) is 1.90. The highest BCUT2D eigenvalue weighted by atomic mass is 16.5. The Morgan fingerprint density at radius 1 is 1.04 bits per heavy atom. The Kier molecular flexibility index (Phi) is 6.42. The highest BCUT2D eigenvalue weighted by Gasteiger charge is 2.10. The molecule has 1 amide bonds. The van der Waals surface area contributed by atoms with E-state index in [-0.39, 0.29) is 5.91 Å². The van der Waals surface area contributed by atoms with Gasteiger partial charge in [-0.2, -0.15) is 0 Å². The molecule has 2 N–H and O–H groups in total. The zero-order valence-electron chi connectivity index (χ0n) is 14.4. The molecule has 5 heteroatoms. The zero-order chi connectivity index (χ0) is 17.3. The molecule has 25 heavy (non-hydrogen) atoms. The second-order valence-corrected chi connectivity index (χ2v) is 6.15. The van der Waals surface area contributed by atoms with Crippen LogP contribution in [-0.2, 0) is 6.61 Å². The smallest absolute Gasteiger partial charge is 0.251 e. The number of hydrogen-bond acceptors (Lipinski definition) is 4. The summed E-state index contributed by atoms with van der Waals surface area (Å²) in [6.45, 7) is 6.22. The lowest BCUT2D eigenvalue weighted by Crippen LogP contribution is -2.46. The molecule has 0 atom stereocenters. The Balaban J connectivity index is 1.42. The van der Waals surface area contributed by atoms with Gasteiger partial charge in [0.05, 0.1) is 0 Å². The van der Waals surface area contributed by atoms with Gasteiger partial charge in [0.1, 0.15) is 12.4 Å². The number of ether oxygens (including phenoxy) is 1. The number of amides is 1. The van der Waals surface area contributed by atoms with E-state index < -0.39 is 0 Å². The summed E-state index contributed by atoms with van der Waals surface area (Å²) in [6.07, 6.45) is 0. The van der Waals surface area contributed by atoms with Crippen molar-refractivity contribution in [3.63, 3.8) is 0 Å². The summed E-state index contributed by atoms with van der Waals surface area (Å²) in [7, 11) is 0. The SMILES string of the molecule is O=C(NCCN1CCNCC1)c1ccc(COc2ccccc2)cc1. The summed E-state index contributed by atoms with van der Waals surface area (Å²) in [5.41, 5.74) is 1.73. The van der Waals surface area contributed by atoms with Crippen LogP contribution in [0.25, 0.3) is 0 Å². The lowest BCUT2D eigenvalue weighted by molar-refractivity contribution is 0.0947. The standard InChI is InChI=1S/C20H25N3O2/c24-20(22-12-15-23-13-10-21-11-14-23)18-8-6-17(7-9-18)16-25-19-4-2-1-3-5-19/h1-9,21H,10-16H2,(H,22,24). The number of carbonyl (C=O) groups excluding carboxylic acids is 1. The van der Waals surface area contributed by atoms with Gasteiger partial charge in [0.15, 0.2) is 0 Å². The van der Waals surface area contributed by atoms with Crippen molar-refractivity contribution < 1.29 is 9.53 Å². The number of para-hydroxylation sites is 1. The zero-order valence-corrected chi connectivity index (χ0v) is 14.4. The first-order valence-corrected chi connectivity index (χ1v) is 8.79. The van der Waals surface area contributed by atoms with Gasteiger partial charge < -0.3 is 15.4 Å². The summed E-state index contributed by atoms with van der Waals surface area (Å²) < 4.78 is 5.71. The van der Waals surface area contributed by atoms with Crippen LogP contribution in [0.2, 0.25) is 0 Å². The van der Waals surface area contributed by atoms with Gasteiger partial charge >= 0.3 is 0 Å². The van der Waals surface area contributed by atoms with E-state index in [0.29, 0.717) is 18.7 Å². The van der Waals surface area contributed by atoms with Crippen LogP contribution in [0.3, 0.4) is 0 Å². The third-order valence-electron chi connectivity index (χ3n) is 4.29. The molecule has 3 rings (SSSR count). The molecule has 0 aliphatic carbocycles. The molecule has 1 fully saturated rings. The lowest BCUT2D eigenvalue weighted by atomic mass is 10.1. The number of hydrogen-bond donors (Lipinski definition) is 2. The number of carbonyl (C=O) groups is 1. The molecule has 0 saturated carbocycles. The minimum atomic E-state index is -0.0225. The maximum absolute atomic E-state index is 12.2. The normalized spacial score (nSPS) is 14.9. The van der Waals surface area contributed by atoms with Crippen LogP contribution in [0, 0.1) is 0 Å². The van der Waals surface area contributed by atoms with Crippen LogP contribution in [0.4, 0.5) is 0 Å². The average Bonchev–Trinajstić information content (AvgIpc) is 2.68. The lowest BCUT2D eigenvalue weighted by Gasteiger charge is -2.27. The molecule has 0 aromatic heterocycles. The first-order valence-electron chi connectivity index (χ1n) is 8.79. The van der Waals surface area contributed by atoms with Crippen LogP contribution in [0.5, 0.6) is 5.75 Å². The van der Waals surface area contributed by atoms with Gasteiger partial charge in [0.25, 0.3) is 5.91 Å². The van der Waals surface area contributed by atoms with Gasteiger partial charge in [0, 0.05) is 44.8 Å². The maximum Gasteiger partial charge on any atom is 0.251 e. The fraction of sp³-hybridized carbons (Fsp3) is 0.350. The van der Waals surface area contributed by atoms with Gasteiger partial charge in [-0.05, 0) is 29.8 Å². The number of nitrogens with zero attached hydrogens (tertiary/aromatic N) is 1. The molecular weight excluding hydrogens is 314 g/mol. The summed E-state index contributed by atoms with van der Waals surface area (Å²) >= 11 is 0. The number of rotatable bonds is 7. The summed E-state index contributed by atoms with van der Waals surface area (Å²) in [5.74, 6) is 0.822. The van der Waals surface area contributed by atoms with Crippen LogP contribution < -0.4 is 15.4 Å². The van der Waals surface area contributed by atoms with E-state index in [0.717, 1.165) is 44.0 Å². The third kappa shape index (κ3) is 5.59. The van der Waals surface area contributed by atoms with Crippen molar-refractivity contribution >= 4 is 5.91 Å². The molecule has 132 valence electrons. The van der Waals surface area contributed by atoms with E-state index in [1.165, 1.54) is 0 Å². The summed E-state index contributed by atoms with van der Waals surface area (Å²) in [6, 6.07) is 17.3. The molecule has 2 aromatic rings. The van der Waals surface area contributed by atoms with E-state index in [4.69, 9.17) is 4.74 Å². The predicted molar refractivity (Wildman–Crippen MR) is 98.9 cm³/mol. The highest BCUT2D eigenvalue weighted by molar-refractivity contribution is 5.94. The molecule has 1 aliphatic heterocycles. The molecule has 5 nitrogen and oxygen atoms in total. The Labute approximate surface area is 149 Å². The second-order valence-electron chi connectivity index (χ2n) is 6.15. The van der Waals surface area contributed by atoms with Gasteiger partial charge in [-0.15, -0.1) is 0 Å². The van der Waals surface area contributed by atoms with E-state index >= 15 is 0 Å². The van der Waals surface area contributed by atoms with E-state index in [1.54, 1.807) is 0 Å². The first-order chi connectivity index (χ1) is 12.3. The fourth-order valence-corrected chi connectivity index (χ4v) is 2.80. The Morgan fingerprint density at radius 3 is 2.48 bits per heavy atom. The van der Waals surface area contributed by atoms with Crippen molar-refractivity contribution in [2.75, 3.05) is 39.3 Å². The quantitative estimate of drug-likeness (QED) is 0.809. The molecule has 0 spiro atoms. The molecule has 1 saturated heterocycles. The van der Waals surface area contributed by atoms with Crippen molar-refractivity contribution in [3.05, 3.63) is 65.7 Å².